The van der Waals surface area contributed by atoms with Crippen LogP contribution < -0.4 is 9.47 Å². The molecule has 1 aromatic rings. The van der Waals surface area contributed by atoms with Gasteiger partial charge in [0.1, 0.15) is 11.5 Å². The highest BCUT2D eigenvalue weighted by Gasteiger charge is 2.27. The van der Waals surface area contributed by atoms with E-state index in [0.717, 1.165) is 12.8 Å². The Bertz CT molecular complexity index is 446. The zero-order valence-corrected chi connectivity index (χ0v) is 9.45. The third-order valence-corrected chi connectivity index (χ3v) is 2.50. The number of carbonyl (C=O) groups excluding carboxylic acids is 1. The van der Waals surface area contributed by atoms with E-state index in [1.165, 1.54) is 0 Å². The van der Waals surface area contributed by atoms with Crippen molar-refractivity contribution in [3.8, 4) is 11.5 Å². The maximum Gasteiger partial charge on any atom is 0.231 e. The maximum absolute atomic E-state index is 11.9. The van der Waals surface area contributed by atoms with Crippen LogP contribution >= 0.6 is 0 Å². The Morgan fingerprint density at radius 1 is 1.44 bits per heavy atom. The average Bonchev–Trinajstić information content (AvgIpc) is 2.63. The molecule has 0 radical (unpaired) electrons. The molecule has 0 amide bonds. The number of methoxy groups -OCH3 is 1. The Morgan fingerprint density at radius 3 is 2.94 bits per heavy atom. The summed E-state index contributed by atoms with van der Waals surface area (Å²) in [5.74, 6) is 1.69. The Hall–Kier alpha value is -1.77. The standard InChI is InChI=1S/C13H14O3/c1-3-4-5-11-13(14)10-7-6-9(15-2)8-12(10)16-11/h5-8H,3-4H2,1-2H3/b11-5+. The van der Waals surface area contributed by atoms with Gasteiger partial charge in [0.05, 0.1) is 12.7 Å². The summed E-state index contributed by atoms with van der Waals surface area (Å²) in [6.45, 7) is 2.06. The number of unbranched alkanes of at least 4 members (excludes halogenated alkanes) is 1. The van der Waals surface area contributed by atoms with Crippen LogP contribution in [0.4, 0.5) is 0 Å². The largest absolute Gasteiger partial charge is 0.497 e. The van der Waals surface area contributed by atoms with Gasteiger partial charge < -0.3 is 9.47 Å². The van der Waals surface area contributed by atoms with E-state index in [1.54, 1.807) is 25.3 Å². The lowest BCUT2D eigenvalue weighted by Crippen LogP contribution is -1.97. The molecule has 1 aliphatic rings. The van der Waals surface area contributed by atoms with Crippen molar-refractivity contribution >= 4 is 5.78 Å². The Kier molecular flexibility index (Phi) is 2.95. The van der Waals surface area contributed by atoms with Gasteiger partial charge in [0.15, 0.2) is 5.76 Å². The first-order chi connectivity index (χ1) is 7.76. The number of ketones is 1. The van der Waals surface area contributed by atoms with Crippen LogP contribution in [0.1, 0.15) is 30.1 Å². The van der Waals surface area contributed by atoms with Crippen LogP contribution in [0.2, 0.25) is 0 Å². The molecule has 1 heterocycles. The zero-order chi connectivity index (χ0) is 11.5. The first kappa shape index (κ1) is 10.7. The van der Waals surface area contributed by atoms with E-state index in [2.05, 4.69) is 6.92 Å². The molecule has 1 aliphatic heterocycles. The number of ether oxygens (including phenoxy) is 2. The van der Waals surface area contributed by atoms with E-state index in [0.29, 0.717) is 22.8 Å². The van der Waals surface area contributed by atoms with Crippen molar-refractivity contribution in [2.45, 2.75) is 19.8 Å². The van der Waals surface area contributed by atoms with Gasteiger partial charge in [-0.2, -0.15) is 0 Å². The number of benzene rings is 1. The van der Waals surface area contributed by atoms with Crippen LogP contribution in [0.3, 0.4) is 0 Å². The average molecular weight is 218 g/mol. The number of rotatable bonds is 3. The molecule has 16 heavy (non-hydrogen) atoms. The molecular weight excluding hydrogens is 204 g/mol. The zero-order valence-electron chi connectivity index (χ0n) is 9.45. The Morgan fingerprint density at radius 2 is 2.25 bits per heavy atom. The fourth-order valence-electron chi connectivity index (χ4n) is 1.61. The normalized spacial score (nSPS) is 16.1. The number of hydrogen-bond acceptors (Lipinski definition) is 3. The van der Waals surface area contributed by atoms with Gasteiger partial charge in [-0.3, -0.25) is 4.79 Å². The summed E-state index contributed by atoms with van der Waals surface area (Å²) in [4.78, 5) is 11.9. The lowest BCUT2D eigenvalue weighted by molar-refractivity contribution is 0.101. The Labute approximate surface area is 94.7 Å². The fourth-order valence-corrected chi connectivity index (χ4v) is 1.61. The minimum absolute atomic E-state index is 0.0360. The predicted molar refractivity (Wildman–Crippen MR) is 60.9 cm³/mol. The molecule has 0 saturated heterocycles. The SMILES string of the molecule is CCC/C=C1/Oc2cc(OC)ccc2C1=O. The summed E-state index contributed by atoms with van der Waals surface area (Å²) < 4.78 is 10.6. The smallest absolute Gasteiger partial charge is 0.231 e. The molecule has 84 valence electrons. The summed E-state index contributed by atoms with van der Waals surface area (Å²) in [6, 6.07) is 5.24. The molecule has 0 saturated carbocycles. The minimum Gasteiger partial charge on any atom is -0.497 e. The summed E-state index contributed by atoms with van der Waals surface area (Å²) in [6.07, 6.45) is 3.70. The number of hydrogen-bond donors (Lipinski definition) is 0. The second-order valence-corrected chi connectivity index (χ2v) is 3.65. The molecule has 0 aromatic heterocycles. The molecule has 2 rings (SSSR count). The highest BCUT2D eigenvalue weighted by molar-refractivity contribution is 6.12. The molecule has 0 N–H and O–H groups in total. The van der Waals surface area contributed by atoms with Crippen molar-refractivity contribution in [3.63, 3.8) is 0 Å². The third-order valence-electron chi connectivity index (χ3n) is 2.50. The molecule has 0 aliphatic carbocycles. The summed E-state index contributed by atoms with van der Waals surface area (Å²) in [5, 5.41) is 0. The van der Waals surface area contributed by atoms with Crippen LogP contribution in [0.25, 0.3) is 0 Å². The van der Waals surface area contributed by atoms with Crippen molar-refractivity contribution in [1.82, 2.24) is 0 Å². The molecule has 3 nitrogen and oxygen atoms in total. The minimum atomic E-state index is -0.0360. The van der Waals surface area contributed by atoms with Crippen molar-refractivity contribution in [1.29, 1.82) is 0 Å². The van der Waals surface area contributed by atoms with Gasteiger partial charge in [-0.1, -0.05) is 13.3 Å². The van der Waals surface area contributed by atoms with Gasteiger partial charge in [0.25, 0.3) is 0 Å². The predicted octanol–water partition coefficient (Wildman–Crippen LogP) is 2.95. The monoisotopic (exact) mass is 218 g/mol. The highest BCUT2D eigenvalue weighted by atomic mass is 16.5. The van der Waals surface area contributed by atoms with Gasteiger partial charge in [-0.15, -0.1) is 0 Å². The molecule has 0 bridgehead atoms. The lowest BCUT2D eigenvalue weighted by Gasteiger charge is -2.01. The van der Waals surface area contributed by atoms with E-state index in [9.17, 15) is 4.79 Å². The Balaban J connectivity index is 2.31. The molecule has 1 aromatic carbocycles. The van der Waals surface area contributed by atoms with Gasteiger partial charge in [-0.25, -0.2) is 0 Å². The second kappa shape index (κ2) is 4.39. The third kappa shape index (κ3) is 1.81. The molecule has 0 spiro atoms. The number of Topliss-reactive ketones (excluding diaryl/α,β-unsaturated/α-hetero) is 1. The van der Waals surface area contributed by atoms with E-state index in [4.69, 9.17) is 9.47 Å². The van der Waals surface area contributed by atoms with Crippen LogP contribution in [-0.2, 0) is 0 Å². The summed E-state index contributed by atoms with van der Waals surface area (Å²) in [5.41, 5.74) is 0.614. The molecule has 0 atom stereocenters. The lowest BCUT2D eigenvalue weighted by atomic mass is 10.1. The van der Waals surface area contributed by atoms with Gasteiger partial charge in [0, 0.05) is 6.07 Å². The van der Waals surface area contributed by atoms with Crippen molar-refractivity contribution in [2.75, 3.05) is 7.11 Å². The molecule has 0 unspecified atom stereocenters. The summed E-state index contributed by atoms with van der Waals surface area (Å²) in [7, 11) is 1.59. The summed E-state index contributed by atoms with van der Waals surface area (Å²) >= 11 is 0. The van der Waals surface area contributed by atoms with E-state index in [-0.39, 0.29) is 5.78 Å². The number of carbonyl (C=O) groups is 1. The fraction of sp³-hybridized carbons (Fsp3) is 0.308. The number of allylic oxidation sites excluding steroid dienone is 2. The maximum atomic E-state index is 11.9. The van der Waals surface area contributed by atoms with Crippen LogP contribution in [-0.4, -0.2) is 12.9 Å². The van der Waals surface area contributed by atoms with Crippen molar-refractivity contribution < 1.29 is 14.3 Å². The van der Waals surface area contributed by atoms with E-state index in [1.807, 2.05) is 6.08 Å². The van der Waals surface area contributed by atoms with Gasteiger partial charge >= 0.3 is 0 Å². The van der Waals surface area contributed by atoms with E-state index >= 15 is 0 Å². The quantitative estimate of drug-likeness (QED) is 0.732. The van der Waals surface area contributed by atoms with E-state index < -0.39 is 0 Å². The van der Waals surface area contributed by atoms with Crippen LogP contribution in [0, 0.1) is 0 Å². The molecular formula is C13H14O3. The topological polar surface area (TPSA) is 35.5 Å². The van der Waals surface area contributed by atoms with Crippen LogP contribution in [0.5, 0.6) is 11.5 Å². The number of fused-ring (bicyclic) bond motifs is 1. The van der Waals surface area contributed by atoms with Crippen molar-refractivity contribution in [2.24, 2.45) is 0 Å². The first-order valence-electron chi connectivity index (χ1n) is 5.37. The molecule has 0 fully saturated rings. The highest BCUT2D eigenvalue weighted by Crippen LogP contribution is 2.34. The first-order valence-corrected chi connectivity index (χ1v) is 5.37. The van der Waals surface area contributed by atoms with Gasteiger partial charge in [0.2, 0.25) is 5.78 Å². The van der Waals surface area contributed by atoms with Crippen molar-refractivity contribution in [3.05, 3.63) is 35.6 Å². The molecule has 3 heteroatoms. The van der Waals surface area contributed by atoms with Gasteiger partial charge in [-0.05, 0) is 24.6 Å². The van der Waals surface area contributed by atoms with Crippen LogP contribution in [0.15, 0.2) is 30.0 Å². The second-order valence-electron chi connectivity index (χ2n) is 3.65.